The van der Waals surface area contributed by atoms with E-state index in [1.54, 1.807) is 22.7 Å². The molecule has 4 rings (SSSR count). The lowest BCUT2D eigenvalue weighted by Gasteiger charge is -2.01. The van der Waals surface area contributed by atoms with Gasteiger partial charge in [0.25, 0.3) is 0 Å². The molecule has 2 aromatic carbocycles. The van der Waals surface area contributed by atoms with Crippen LogP contribution in [0.3, 0.4) is 0 Å². The Morgan fingerprint density at radius 1 is 0.696 bits per heavy atom. The fourth-order valence-corrected chi connectivity index (χ4v) is 4.91. The van der Waals surface area contributed by atoms with Gasteiger partial charge in [-0.15, -0.1) is 22.7 Å². The van der Waals surface area contributed by atoms with Crippen molar-refractivity contribution in [3.05, 3.63) is 82.5 Å². The van der Waals surface area contributed by atoms with Crippen LogP contribution >= 0.6 is 34.3 Å². The fraction of sp³-hybridized carbons (Fsp3) is 0. The first-order valence-electron chi connectivity index (χ1n) is 7.30. The summed E-state index contributed by atoms with van der Waals surface area (Å²) in [5.74, 6) is 0. The third-order valence-electron chi connectivity index (χ3n) is 3.72. The minimum absolute atomic E-state index is 0.827. The zero-order chi connectivity index (χ0) is 15.6. The molecule has 0 aliphatic heterocycles. The van der Waals surface area contributed by atoms with Crippen molar-refractivity contribution < 1.29 is 0 Å². The molecule has 23 heavy (non-hydrogen) atoms. The molecule has 0 nitrogen and oxygen atoms in total. The predicted molar refractivity (Wildman–Crippen MR) is 104 cm³/mol. The van der Waals surface area contributed by atoms with Gasteiger partial charge in [-0.25, -0.2) is 0 Å². The second-order valence-corrected chi connectivity index (χ2v) is 7.82. The molecule has 0 saturated carbocycles. The lowest BCUT2D eigenvalue weighted by Crippen LogP contribution is -1.76. The Morgan fingerprint density at radius 3 is 2.04 bits per heavy atom. The van der Waals surface area contributed by atoms with Crippen LogP contribution in [0.4, 0.5) is 0 Å². The first-order chi connectivity index (χ1) is 11.3. The summed E-state index contributed by atoms with van der Waals surface area (Å²) < 4.78 is 0.827. The summed E-state index contributed by atoms with van der Waals surface area (Å²) in [5.41, 5.74) is 4.93. The Morgan fingerprint density at radius 2 is 1.35 bits per heavy atom. The highest BCUT2D eigenvalue weighted by Crippen LogP contribution is 2.44. The molecule has 2 heterocycles. The molecule has 0 bridgehead atoms. The monoisotopic (exact) mass is 352 g/mol. The van der Waals surface area contributed by atoms with Crippen LogP contribution in [0, 0.1) is 0 Å². The second-order valence-electron chi connectivity index (χ2n) is 5.22. The van der Waals surface area contributed by atoms with Gasteiger partial charge in [0.05, 0.1) is 9.21 Å². The largest absolute Gasteiger partial charge is 0.142 e. The summed E-state index contributed by atoms with van der Waals surface area (Å²) in [7, 11) is 0. The van der Waals surface area contributed by atoms with E-state index in [-0.39, 0.29) is 0 Å². The highest BCUT2D eigenvalue weighted by molar-refractivity contribution is 7.24. The number of halogens is 1. The average Bonchev–Trinajstić information content (AvgIpc) is 3.23. The summed E-state index contributed by atoms with van der Waals surface area (Å²) in [6.45, 7) is 0. The smallest absolute Gasteiger partial charge is 0.0941 e. The number of thiophene rings is 2. The molecule has 0 fully saturated rings. The Balaban J connectivity index is 1.79. The third-order valence-corrected chi connectivity index (χ3v) is 6.09. The second kappa shape index (κ2) is 6.32. The van der Waals surface area contributed by atoms with E-state index in [4.69, 9.17) is 11.6 Å². The van der Waals surface area contributed by atoms with Gasteiger partial charge < -0.3 is 0 Å². The zero-order valence-electron chi connectivity index (χ0n) is 12.2. The highest BCUT2D eigenvalue weighted by atomic mass is 35.5. The minimum atomic E-state index is 0.827. The van der Waals surface area contributed by atoms with Gasteiger partial charge in [-0.1, -0.05) is 72.3 Å². The molecule has 112 valence electrons. The lowest BCUT2D eigenvalue weighted by molar-refractivity contribution is 1.67. The Kier molecular flexibility index (Phi) is 4.04. The number of hydrogen-bond acceptors (Lipinski definition) is 2. The Bertz CT molecular complexity index is 921. The van der Waals surface area contributed by atoms with Gasteiger partial charge >= 0.3 is 0 Å². The maximum absolute atomic E-state index is 6.31. The molecule has 0 amide bonds. The summed E-state index contributed by atoms with van der Waals surface area (Å²) >= 11 is 9.73. The van der Waals surface area contributed by atoms with Crippen molar-refractivity contribution in [1.82, 2.24) is 0 Å². The van der Waals surface area contributed by atoms with Crippen molar-refractivity contribution in [1.29, 1.82) is 0 Å². The van der Waals surface area contributed by atoms with Crippen molar-refractivity contribution in [3.63, 3.8) is 0 Å². The maximum atomic E-state index is 6.31. The quantitative estimate of drug-likeness (QED) is 0.359. The van der Waals surface area contributed by atoms with E-state index < -0.39 is 0 Å². The molecule has 0 atom stereocenters. The van der Waals surface area contributed by atoms with Gasteiger partial charge in [0.2, 0.25) is 0 Å². The zero-order valence-corrected chi connectivity index (χ0v) is 14.6. The van der Waals surface area contributed by atoms with Crippen LogP contribution < -0.4 is 0 Å². The normalized spacial score (nSPS) is 10.8. The molecular formula is C20H13ClS2. The predicted octanol–water partition coefficient (Wildman–Crippen LogP) is 7.46. The maximum Gasteiger partial charge on any atom is 0.0941 e. The highest BCUT2D eigenvalue weighted by Gasteiger charge is 2.14. The molecule has 0 saturated heterocycles. The Hall–Kier alpha value is -1.87. The van der Waals surface area contributed by atoms with Crippen LogP contribution in [0.1, 0.15) is 0 Å². The van der Waals surface area contributed by atoms with Gasteiger partial charge in [-0.05, 0) is 34.2 Å². The molecule has 0 spiro atoms. The molecule has 4 aromatic rings. The van der Waals surface area contributed by atoms with Gasteiger partial charge in [-0.2, -0.15) is 0 Å². The Labute approximate surface area is 148 Å². The van der Waals surface area contributed by atoms with Crippen molar-refractivity contribution in [2.24, 2.45) is 0 Å². The standard InChI is InChI=1S/C20H13ClS2/c21-19-12-17(15-9-5-2-6-10-15)20(23-19)18-11-16(13-22-18)14-7-3-1-4-8-14/h1-13H. The fourth-order valence-electron chi connectivity index (χ4n) is 2.61. The molecule has 0 N–H and O–H groups in total. The van der Waals surface area contributed by atoms with Crippen LogP contribution in [0.2, 0.25) is 4.34 Å². The van der Waals surface area contributed by atoms with Crippen molar-refractivity contribution in [2.45, 2.75) is 0 Å². The van der Waals surface area contributed by atoms with Gasteiger partial charge in [-0.3, -0.25) is 0 Å². The third kappa shape index (κ3) is 2.98. The minimum Gasteiger partial charge on any atom is -0.142 e. The van der Waals surface area contributed by atoms with Crippen LogP contribution in [0.5, 0.6) is 0 Å². The number of benzene rings is 2. The van der Waals surface area contributed by atoms with E-state index in [1.165, 1.54) is 32.0 Å². The number of hydrogen-bond donors (Lipinski definition) is 0. The SMILES string of the molecule is Clc1cc(-c2ccccc2)c(-c2cc(-c3ccccc3)cs2)s1. The molecule has 0 aliphatic carbocycles. The van der Waals surface area contributed by atoms with E-state index >= 15 is 0 Å². The first-order valence-corrected chi connectivity index (χ1v) is 9.38. The van der Waals surface area contributed by atoms with Gasteiger partial charge in [0.1, 0.15) is 0 Å². The summed E-state index contributed by atoms with van der Waals surface area (Å²) in [5, 5.41) is 2.22. The van der Waals surface area contributed by atoms with Crippen LogP contribution in [0.15, 0.2) is 78.2 Å². The lowest BCUT2D eigenvalue weighted by atomic mass is 10.1. The summed E-state index contributed by atoms with van der Waals surface area (Å²) in [6, 6.07) is 25.2. The first kappa shape index (κ1) is 14.7. The van der Waals surface area contributed by atoms with Crippen LogP contribution in [-0.2, 0) is 0 Å². The van der Waals surface area contributed by atoms with E-state index in [0.29, 0.717) is 0 Å². The van der Waals surface area contributed by atoms with Gasteiger partial charge in [0, 0.05) is 10.4 Å². The molecule has 2 aromatic heterocycles. The van der Waals surface area contributed by atoms with Crippen molar-refractivity contribution in [3.8, 4) is 32.0 Å². The van der Waals surface area contributed by atoms with E-state index in [1.807, 2.05) is 12.1 Å². The topological polar surface area (TPSA) is 0 Å². The average molecular weight is 353 g/mol. The van der Waals surface area contributed by atoms with Crippen LogP contribution in [-0.4, -0.2) is 0 Å². The van der Waals surface area contributed by atoms with Crippen molar-refractivity contribution >= 4 is 34.3 Å². The molecule has 3 heteroatoms. The molecular weight excluding hydrogens is 340 g/mol. The van der Waals surface area contributed by atoms with E-state index in [0.717, 1.165) is 4.34 Å². The van der Waals surface area contributed by atoms with Crippen molar-refractivity contribution in [2.75, 3.05) is 0 Å². The van der Waals surface area contributed by atoms with Crippen LogP contribution in [0.25, 0.3) is 32.0 Å². The molecule has 0 radical (unpaired) electrons. The molecule has 0 unspecified atom stereocenters. The molecule has 0 aliphatic rings. The van der Waals surface area contributed by atoms with E-state index in [2.05, 4.69) is 66.0 Å². The van der Waals surface area contributed by atoms with Gasteiger partial charge in [0.15, 0.2) is 0 Å². The summed E-state index contributed by atoms with van der Waals surface area (Å²) in [4.78, 5) is 2.51. The number of rotatable bonds is 3. The van der Waals surface area contributed by atoms with E-state index in [9.17, 15) is 0 Å². The summed E-state index contributed by atoms with van der Waals surface area (Å²) in [6.07, 6.45) is 0.